The Hall–Kier alpha value is -2.22. The second kappa shape index (κ2) is 6.04. The zero-order valence-corrected chi connectivity index (χ0v) is 12.4. The lowest BCUT2D eigenvalue weighted by Gasteiger charge is -2.04. The highest BCUT2D eigenvalue weighted by atomic mass is 32.1. The minimum absolute atomic E-state index is 0.210. The molecule has 0 atom stereocenters. The van der Waals surface area contributed by atoms with Crippen LogP contribution in [0.4, 0.5) is 0 Å². The van der Waals surface area contributed by atoms with E-state index < -0.39 is 0 Å². The molecule has 3 aromatic rings. The van der Waals surface area contributed by atoms with Gasteiger partial charge in [-0.3, -0.25) is 0 Å². The Bertz CT molecular complexity index is 791. The Morgan fingerprint density at radius 3 is 3.10 bits per heavy atom. The van der Waals surface area contributed by atoms with E-state index in [4.69, 9.17) is 21.6 Å². The van der Waals surface area contributed by atoms with Crippen molar-refractivity contribution < 1.29 is 9.36 Å². The van der Waals surface area contributed by atoms with Crippen LogP contribution in [0.2, 0.25) is 0 Å². The van der Waals surface area contributed by atoms with Crippen LogP contribution in [-0.2, 0) is 6.42 Å². The van der Waals surface area contributed by atoms with Crippen LogP contribution in [0.15, 0.2) is 22.7 Å². The highest BCUT2D eigenvalue weighted by Gasteiger charge is 2.08. The fourth-order valence-electron chi connectivity index (χ4n) is 1.98. The molecule has 0 radical (unpaired) electrons. The van der Waals surface area contributed by atoms with Gasteiger partial charge >= 0.3 is 4.84 Å². The van der Waals surface area contributed by atoms with Gasteiger partial charge in [-0.2, -0.15) is 4.98 Å². The number of nitrogens with one attached hydrogen (secondary N) is 1. The van der Waals surface area contributed by atoms with E-state index in [1.165, 1.54) is 4.85 Å². The van der Waals surface area contributed by atoms with E-state index in [0.29, 0.717) is 18.9 Å². The standard InChI is InChI=1S/C13H15N5O2S/c1-2-3-6-19-18-11-5-4-9(7-10(11)15-17-18)8-12-14-13(21)20-16-12/h4-5,7H,2-3,6,8H2,1H3,(H,14,16,21). The number of fused-ring (bicyclic) bond motifs is 1. The van der Waals surface area contributed by atoms with Gasteiger partial charge in [0, 0.05) is 6.42 Å². The van der Waals surface area contributed by atoms with Crippen molar-refractivity contribution in [3.8, 4) is 0 Å². The zero-order chi connectivity index (χ0) is 14.7. The molecule has 8 heteroatoms. The number of unbranched alkanes of at least 4 members (excludes halogenated alkanes) is 1. The Morgan fingerprint density at radius 1 is 1.43 bits per heavy atom. The summed E-state index contributed by atoms with van der Waals surface area (Å²) in [5.41, 5.74) is 2.68. The monoisotopic (exact) mass is 305 g/mol. The molecule has 2 aromatic heterocycles. The molecule has 0 bridgehead atoms. The van der Waals surface area contributed by atoms with Gasteiger partial charge in [-0.1, -0.05) is 24.3 Å². The van der Waals surface area contributed by atoms with Crippen molar-refractivity contribution in [3.63, 3.8) is 0 Å². The smallest absolute Gasteiger partial charge is 0.314 e. The first kappa shape index (κ1) is 13.7. The van der Waals surface area contributed by atoms with Crippen molar-refractivity contribution in [2.75, 3.05) is 6.61 Å². The number of hydrogen-bond acceptors (Lipinski definition) is 6. The fourth-order valence-corrected chi connectivity index (χ4v) is 2.13. The van der Waals surface area contributed by atoms with Crippen molar-refractivity contribution in [2.24, 2.45) is 0 Å². The molecular formula is C13H15N5O2S. The number of aromatic amines is 1. The molecule has 0 amide bonds. The molecule has 1 aromatic carbocycles. The molecule has 0 aliphatic heterocycles. The van der Waals surface area contributed by atoms with E-state index >= 15 is 0 Å². The molecule has 0 saturated carbocycles. The van der Waals surface area contributed by atoms with Gasteiger partial charge in [0.15, 0.2) is 0 Å². The van der Waals surface area contributed by atoms with E-state index in [9.17, 15) is 0 Å². The molecule has 7 nitrogen and oxygen atoms in total. The Kier molecular flexibility index (Phi) is 3.96. The number of nitrogens with zero attached hydrogens (tertiary/aromatic N) is 4. The summed E-state index contributed by atoms with van der Waals surface area (Å²) in [7, 11) is 0. The normalized spacial score (nSPS) is 11.1. The first-order valence-electron chi connectivity index (χ1n) is 6.78. The van der Waals surface area contributed by atoms with Gasteiger partial charge in [0.2, 0.25) is 0 Å². The molecule has 1 N–H and O–H groups in total. The number of H-pyrrole nitrogens is 1. The van der Waals surface area contributed by atoms with Crippen molar-refractivity contribution in [3.05, 3.63) is 34.4 Å². The number of rotatable bonds is 6. The maximum Gasteiger partial charge on any atom is 0.314 e. The van der Waals surface area contributed by atoms with Gasteiger partial charge in [-0.05, 0) is 41.5 Å². The highest BCUT2D eigenvalue weighted by Crippen LogP contribution is 2.14. The molecular weight excluding hydrogens is 290 g/mol. The average Bonchev–Trinajstić information content (AvgIpc) is 3.06. The van der Waals surface area contributed by atoms with E-state index in [0.717, 1.165) is 29.4 Å². The fraction of sp³-hybridized carbons (Fsp3) is 0.385. The van der Waals surface area contributed by atoms with Crippen LogP contribution in [0.3, 0.4) is 0 Å². The van der Waals surface area contributed by atoms with Gasteiger partial charge in [-0.15, -0.1) is 5.10 Å². The summed E-state index contributed by atoms with van der Waals surface area (Å²) in [4.78, 5) is 11.3. The largest absolute Gasteiger partial charge is 0.395 e. The number of hydrogen-bond donors (Lipinski definition) is 1. The molecule has 21 heavy (non-hydrogen) atoms. The van der Waals surface area contributed by atoms with E-state index in [-0.39, 0.29) is 4.84 Å². The van der Waals surface area contributed by atoms with Crippen molar-refractivity contribution >= 4 is 23.3 Å². The van der Waals surface area contributed by atoms with Gasteiger partial charge < -0.3 is 9.36 Å². The van der Waals surface area contributed by atoms with E-state index in [1.54, 1.807) is 0 Å². The third kappa shape index (κ3) is 3.10. The second-order valence-electron chi connectivity index (χ2n) is 4.68. The predicted octanol–water partition coefficient (Wildman–Crippen LogP) is 2.30. The van der Waals surface area contributed by atoms with Crippen molar-refractivity contribution in [1.29, 1.82) is 0 Å². The molecule has 0 saturated heterocycles. The van der Waals surface area contributed by atoms with Gasteiger partial charge in [0.25, 0.3) is 0 Å². The summed E-state index contributed by atoms with van der Waals surface area (Å²) in [6.07, 6.45) is 2.67. The van der Waals surface area contributed by atoms with Crippen LogP contribution in [-0.4, -0.2) is 31.9 Å². The zero-order valence-electron chi connectivity index (χ0n) is 11.6. The van der Waals surface area contributed by atoms with E-state index in [2.05, 4.69) is 27.4 Å². The Labute approximate surface area is 125 Å². The van der Waals surface area contributed by atoms with Crippen LogP contribution < -0.4 is 4.84 Å². The first-order valence-corrected chi connectivity index (χ1v) is 7.19. The minimum Gasteiger partial charge on any atom is -0.395 e. The summed E-state index contributed by atoms with van der Waals surface area (Å²) in [5, 5.41) is 10.8. The van der Waals surface area contributed by atoms with Crippen LogP contribution in [0.1, 0.15) is 31.2 Å². The minimum atomic E-state index is 0.210. The molecule has 0 aliphatic carbocycles. The lowest BCUT2D eigenvalue weighted by molar-refractivity contribution is 0.0853. The maximum absolute atomic E-state index is 5.56. The highest BCUT2D eigenvalue weighted by molar-refractivity contribution is 7.71. The average molecular weight is 305 g/mol. The molecule has 3 rings (SSSR count). The summed E-state index contributed by atoms with van der Waals surface area (Å²) in [6, 6.07) is 5.87. The first-order chi connectivity index (χ1) is 10.3. The summed E-state index contributed by atoms with van der Waals surface area (Å²) in [6.45, 7) is 2.75. The number of aromatic nitrogens is 5. The summed E-state index contributed by atoms with van der Waals surface area (Å²) in [5.74, 6) is 0.686. The molecule has 110 valence electrons. The summed E-state index contributed by atoms with van der Waals surface area (Å²) < 4.78 is 4.91. The maximum atomic E-state index is 5.56. The van der Waals surface area contributed by atoms with Crippen LogP contribution in [0.25, 0.3) is 11.0 Å². The van der Waals surface area contributed by atoms with Crippen molar-refractivity contribution in [2.45, 2.75) is 26.2 Å². The second-order valence-corrected chi connectivity index (χ2v) is 5.03. The van der Waals surface area contributed by atoms with Crippen LogP contribution >= 0.6 is 12.2 Å². The van der Waals surface area contributed by atoms with Crippen molar-refractivity contribution in [1.82, 2.24) is 25.3 Å². The molecule has 0 fully saturated rings. The third-order valence-corrected chi connectivity index (χ3v) is 3.22. The van der Waals surface area contributed by atoms with E-state index in [1.807, 2.05) is 18.2 Å². The van der Waals surface area contributed by atoms with Gasteiger partial charge in [0.1, 0.15) is 23.5 Å². The predicted molar refractivity (Wildman–Crippen MR) is 78.4 cm³/mol. The Morgan fingerprint density at radius 2 is 2.33 bits per heavy atom. The Balaban J connectivity index is 1.79. The lowest BCUT2D eigenvalue weighted by Crippen LogP contribution is -2.14. The molecule has 0 aliphatic rings. The molecule has 0 unspecified atom stereocenters. The molecule has 2 heterocycles. The van der Waals surface area contributed by atoms with Gasteiger partial charge in [-0.25, -0.2) is 5.16 Å². The molecule has 0 spiro atoms. The number of benzene rings is 1. The summed E-state index contributed by atoms with van der Waals surface area (Å²) >= 11 is 4.83. The van der Waals surface area contributed by atoms with Gasteiger partial charge in [0.05, 0.1) is 0 Å². The third-order valence-electron chi connectivity index (χ3n) is 3.05. The SMILES string of the molecule is CCCCOn1nnc2cc(Cc3nc(=S)o[nH]3)ccc21. The lowest BCUT2D eigenvalue weighted by atomic mass is 10.1. The quantitative estimate of drug-likeness (QED) is 0.556. The van der Waals surface area contributed by atoms with Crippen LogP contribution in [0.5, 0.6) is 0 Å². The van der Waals surface area contributed by atoms with Crippen LogP contribution in [0, 0.1) is 4.84 Å². The topological polar surface area (TPSA) is 81.8 Å².